The van der Waals surface area contributed by atoms with Crippen LogP contribution in [0.2, 0.25) is 0 Å². The van der Waals surface area contributed by atoms with Gasteiger partial charge in [-0.2, -0.15) is 4.72 Å². The Hall–Kier alpha value is -2.78. The summed E-state index contributed by atoms with van der Waals surface area (Å²) in [7, 11) is -2.60. The Morgan fingerprint density at radius 1 is 1.11 bits per heavy atom. The number of ketones is 1. The first-order valence-corrected chi connectivity index (χ1v) is 9.30. The van der Waals surface area contributed by atoms with Crippen molar-refractivity contribution in [1.82, 2.24) is 4.72 Å². The maximum absolute atomic E-state index is 13.6. The molecule has 1 N–H and O–H groups in total. The van der Waals surface area contributed by atoms with Crippen LogP contribution >= 0.6 is 0 Å². The summed E-state index contributed by atoms with van der Waals surface area (Å²) in [5, 5.41) is 0. The summed E-state index contributed by atoms with van der Waals surface area (Å²) in [6.07, 6.45) is 0. The van der Waals surface area contributed by atoms with E-state index in [0.29, 0.717) is 11.1 Å². The number of halogens is 1. The second kappa shape index (κ2) is 8.74. The Morgan fingerprint density at radius 3 is 2.33 bits per heavy atom. The predicted molar refractivity (Wildman–Crippen MR) is 94.4 cm³/mol. The van der Waals surface area contributed by atoms with Crippen molar-refractivity contribution in [3.63, 3.8) is 0 Å². The van der Waals surface area contributed by atoms with E-state index in [1.165, 1.54) is 50.4 Å². The van der Waals surface area contributed by atoms with Gasteiger partial charge < -0.3 is 9.47 Å². The molecule has 0 saturated heterocycles. The average Bonchev–Trinajstić information content (AvgIpc) is 2.65. The van der Waals surface area contributed by atoms with Gasteiger partial charge in [0.25, 0.3) is 0 Å². The Balaban J connectivity index is 1.90. The summed E-state index contributed by atoms with van der Waals surface area (Å²) in [5.41, 5.74) is 0.768. The van der Waals surface area contributed by atoms with Gasteiger partial charge in [-0.25, -0.2) is 12.8 Å². The molecule has 0 atom stereocenters. The molecule has 9 heteroatoms. The van der Waals surface area contributed by atoms with Gasteiger partial charge in [0.05, 0.1) is 12.0 Å². The number of carbonyl (C=O) groups excluding carboxylic acids is 2. The number of Topliss-reactive ketones (excluding diaryl/α,β-unsaturated/α-hetero) is 1. The summed E-state index contributed by atoms with van der Waals surface area (Å²) >= 11 is 0. The first-order valence-electron chi connectivity index (χ1n) is 7.81. The highest BCUT2D eigenvalue weighted by molar-refractivity contribution is 7.89. The van der Waals surface area contributed by atoms with E-state index in [2.05, 4.69) is 4.72 Å². The molecule has 27 heavy (non-hydrogen) atoms. The van der Waals surface area contributed by atoms with Gasteiger partial charge in [-0.05, 0) is 36.8 Å². The number of rotatable bonds is 8. The van der Waals surface area contributed by atoms with E-state index < -0.39 is 28.4 Å². The molecule has 0 aromatic heterocycles. The van der Waals surface area contributed by atoms with E-state index in [1.807, 2.05) is 0 Å². The predicted octanol–water partition coefficient (Wildman–Crippen LogP) is 2.06. The highest BCUT2D eigenvalue weighted by atomic mass is 32.2. The molecule has 0 aliphatic carbocycles. The number of methoxy groups -OCH3 is 1. The SMILES string of the molecule is COc1ccc(COC(=O)CNS(=O)(=O)c2ccc(C(C)=O)cc2)cc1F. The summed E-state index contributed by atoms with van der Waals surface area (Å²) in [5.74, 6) is -1.55. The zero-order chi connectivity index (χ0) is 20.0. The highest BCUT2D eigenvalue weighted by Crippen LogP contribution is 2.18. The summed E-state index contributed by atoms with van der Waals surface area (Å²) in [6.45, 7) is 0.566. The molecule has 2 aromatic rings. The Morgan fingerprint density at radius 2 is 1.78 bits per heavy atom. The van der Waals surface area contributed by atoms with Crippen molar-refractivity contribution in [3.8, 4) is 5.75 Å². The van der Waals surface area contributed by atoms with Crippen LogP contribution in [0.4, 0.5) is 4.39 Å². The van der Waals surface area contributed by atoms with Crippen molar-refractivity contribution >= 4 is 21.8 Å². The first-order chi connectivity index (χ1) is 12.7. The monoisotopic (exact) mass is 395 g/mol. The van der Waals surface area contributed by atoms with Crippen molar-refractivity contribution in [3.05, 3.63) is 59.4 Å². The van der Waals surface area contributed by atoms with Crippen LogP contribution in [0, 0.1) is 5.82 Å². The second-order valence-electron chi connectivity index (χ2n) is 5.53. The minimum atomic E-state index is -3.94. The minimum Gasteiger partial charge on any atom is -0.494 e. The minimum absolute atomic E-state index is 0.0635. The zero-order valence-corrected chi connectivity index (χ0v) is 15.5. The zero-order valence-electron chi connectivity index (χ0n) is 14.7. The third kappa shape index (κ3) is 5.60. The molecule has 0 amide bonds. The van der Waals surface area contributed by atoms with Gasteiger partial charge in [0.15, 0.2) is 17.3 Å². The molecule has 0 aliphatic rings. The highest BCUT2D eigenvalue weighted by Gasteiger charge is 2.16. The van der Waals surface area contributed by atoms with Gasteiger partial charge in [0, 0.05) is 5.56 Å². The molecule has 0 heterocycles. The number of carbonyl (C=O) groups is 2. The largest absolute Gasteiger partial charge is 0.494 e. The van der Waals surface area contributed by atoms with Gasteiger partial charge in [-0.15, -0.1) is 0 Å². The van der Waals surface area contributed by atoms with E-state index in [9.17, 15) is 22.4 Å². The smallest absolute Gasteiger partial charge is 0.321 e. The van der Waals surface area contributed by atoms with E-state index >= 15 is 0 Å². The molecule has 0 spiro atoms. The van der Waals surface area contributed by atoms with Crippen LogP contribution in [0.25, 0.3) is 0 Å². The Kier molecular flexibility index (Phi) is 6.65. The lowest BCUT2D eigenvalue weighted by atomic mass is 10.2. The van der Waals surface area contributed by atoms with Crippen LogP contribution in [0.3, 0.4) is 0 Å². The third-order valence-corrected chi connectivity index (χ3v) is 5.01. The maximum Gasteiger partial charge on any atom is 0.321 e. The number of benzene rings is 2. The normalized spacial score (nSPS) is 11.1. The van der Waals surface area contributed by atoms with E-state index in [1.54, 1.807) is 0 Å². The van der Waals surface area contributed by atoms with E-state index in [0.717, 1.165) is 6.07 Å². The summed E-state index contributed by atoms with van der Waals surface area (Å²) in [4.78, 5) is 22.9. The number of esters is 1. The van der Waals surface area contributed by atoms with Crippen molar-refractivity contribution in [1.29, 1.82) is 0 Å². The van der Waals surface area contributed by atoms with Gasteiger partial charge in [-0.3, -0.25) is 9.59 Å². The van der Waals surface area contributed by atoms with Crippen LogP contribution in [0.5, 0.6) is 5.75 Å². The van der Waals surface area contributed by atoms with E-state index in [-0.39, 0.29) is 23.0 Å². The topological polar surface area (TPSA) is 98.8 Å². The fourth-order valence-corrected chi connectivity index (χ4v) is 3.09. The lowest BCUT2D eigenvalue weighted by Crippen LogP contribution is -2.30. The maximum atomic E-state index is 13.6. The van der Waals surface area contributed by atoms with Gasteiger partial charge in [-0.1, -0.05) is 18.2 Å². The standard InChI is InChI=1S/C18H18FNO6S/c1-12(21)14-4-6-15(7-5-14)27(23,24)20-10-18(22)26-11-13-3-8-17(25-2)16(19)9-13/h3-9,20H,10-11H2,1-2H3. The Bertz CT molecular complexity index is 941. The van der Waals surface area contributed by atoms with Crippen LogP contribution in [0.1, 0.15) is 22.8 Å². The molecule has 0 bridgehead atoms. The molecular formula is C18H18FNO6S. The molecule has 144 valence electrons. The number of sulfonamides is 1. The molecule has 0 unspecified atom stereocenters. The van der Waals surface area contributed by atoms with Crippen molar-refractivity contribution < 1.29 is 31.9 Å². The van der Waals surface area contributed by atoms with Gasteiger partial charge >= 0.3 is 5.97 Å². The van der Waals surface area contributed by atoms with Crippen LogP contribution in [0.15, 0.2) is 47.4 Å². The molecule has 7 nitrogen and oxygen atoms in total. The van der Waals surface area contributed by atoms with Gasteiger partial charge in [0.2, 0.25) is 10.0 Å². The Labute approximate surface area is 156 Å². The quantitative estimate of drug-likeness (QED) is 0.543. The van der Waals surface area contributed by atoms with Crippen molar-refractivity contribution in [2.75, 3.05) is 13.7 Å². The first kappa shape index (κ1) is 20.5. The van der Waals surface area contributed by atoms with E-state index in [4.69, 9.17) is 9.47 Å². The average molecular weight is 395 g/mol. The number of nitrogens with one attached hydrogen (secondary N) is 1. The lowest BCUT2D eigenvalue weighted by molar-refractivity contribution is -0.143. The molecular weight excluding hydrogens is 377 g/mol. The molecule has 0 fully saturated rings. The number of hydrogen-bond acceptors (Lipinski definition) is 6. The summed E-state index contributed by atoms with van der Waals surface area (Å²) in [6, 6.07) is 9.38. The second-order valence-corrected chi connectivity index (χ2v) is 7.30. The number of hydrogen-bond donors (Lipinski definition) is 1. The third-order valence-electron chi connectivity index (χ3n) is 3.59. The molecule has 2 aromatic carbocycles. The van der Waals surface area contributed by atoms with Crippen molar-refractivity contribution in [2.24, 2.45) is 0 Å². The summed E-state index contributed by atoms with van der Waals surface area (Å²) < 4.78 is 49.7. The van der Waals surface area contributed by atoms with Crippen LogP contribution in [-0.4, -0.2) is 33.8 Å². The van der Waals surface area contributed by atoms with Gasteiger partial charge in [0.1, 0.15) is 13.2 Å². The lowest BCUT2D eigenvalue weighted by Gasteiger charge is -2.09. The number of ether oxygens (including phenoxy) is 2. The molecule has 2 rings (SSSR count). The van der Waals surface area contributed by atoms with Crippen LogP contribution in [-0.2, 0) is 26.2 Å². The fraction of sp³-hybridized carbons (Fsp3) is 0.222. The molecule has 0 aliphatic heterocycles. The van der Waals surface area contributed by atoms with Crippen molar-refractivity contribution in [2.45, 2.75) is 18.4 Å². The molecule has 0 radical (unpaired) electrons. The molecule has 0 saturated carbocycles. The van der Waals surface area contributed by atoms with Crippen LogP contribution < -0.4 is 9.46 Å². The fourth-order valence-electron chi connectivity index (χ4n) is 2.12.